The van der Waals surface area contributed by atoms with Crippen molar-refractivity contribution in [1.82, 2.24) is 9.55 Å². The van der Waals surface area contributed by atoms with Crippen LogP contribution in [0.3, 0.4) is 0 Å². The largest absolute Gasteiger partial charge is 0.327 e. The molecule has 0 fully saturated rings. The van der Waals surface area contributed by atoms with Crippen molar-refractivity contribution in [2.24, 2.45) is 0 Å². The molecular formula is C13H14ClN3. The van der Waals surface area contributed by atoms with Crippen molar-refractivity contribution in [3.8, 4) is 6.07 Å². The van der Waals surface area contributed by atoms with E-state index in [-0.39, 0.29) is 5.38 Å². The number of nitrogens with zero attached hydrogens (tertiary/aromatic N) is 3. The fourth-order valence-corrected chi connectivity index (χ4v) is 2.18. The summed E-state index contributed by atoms with van der Waals surface area (Å²) in [5.74, 6) is 0.839. The van der Waals surface area contributed by atoms with Gasteiger partial charge in [-0.3, -0.25) is 0 Å². The molecule has 0 N–H and O–H groups in total. The van der Waals surface area contributed by atoms with E-state index in [4.69, 9.17) is 16.9 Å². The van der Waals surface area contributed by atoms with E-state index in [1.54, 1.807) is 6.07 Å². The summed E-state index contributed by atoms with van der Waals surface area (Å²) in [5.41, 5.74) is 2.36. The summed E-state index contributed by atoms with van der Waals surface area (Å²) in [6.45, 7) is 4.89. The summed E-state index contributed by atoms with van der Waals surface area (Å²) in [6.07, 6.45) is 1.01. The molecule has 1 aromatic carbocycles. The molecule has 0 bridgehead atoms. The fourth-order valence-electron chi connectivity index (χ4n) is 2.02. The molecule has 0 spiro atoms. The summed E-state index contributed by atoms with van der Waals surface area (Å²) >= 11 is 6.14. The molecule has 1 atom stereocenters. The Morgan fingerprint density at radius 3 is 2.88 bits per heavy atom. The highest BCUT2D eigenvalue weighted by Gasteiger charge is 2.16. The molecule has 2 rings (SSSR count). The van der Waals surface area contributed by atoms with E-state index in [2.05, 4.69) is 22.5 Å². The Morgan fingerprint density at radius 1 is 1.53 bits per heavy atom. The molecule has 0 radical (unpaired) electrons. The summed E-state index contributed by atoms with van der Waals surface area (Å²) in [6, 6.07) is 7.83. The van der Waals surface area contributed by atoms with Gasteiger partial charge in [-0.05, 0) is 25.5 Å². The maximum atomic E-state index is 9.07. The highest BCUT2D eigenvalue weighted by molar-refractivity contribution is 6.20. The van der Waals surface area contributed by atoms with Gasteiger partial charge in [0.25, 0.3) is 0 Å². The molecule has 0 saturated heterocycles. The van der Waals surface area contributed by atoms with E-state index in [0.29, 0.717) is 5.56 Å². The molecule has 4 heteroatoms. The normalized spacial score (nSPS) is 12.6. The predicted octanol–water partition coefficient (Wildman–Crippen LogP) is 3.62. The van der Waals surface area contributed by atoms with Crippen LogP contribution >= 0.6 is 11.6 Å². The standard InChI is InChI=1S/C13H14ClN3/c1-3-7-17-11-6-4-5-10(8-15)12(11)16-13(17)9(2)14/h4-6,9H,3,7H2,1-2H3. The van der Waals surface area contributed by atoms with E-state index in [1.807, 2.05) is 19.1 Å². The predicted molar refractivity (Wildman–Crippen MR) is 69.0 cm³/mol. The molecule has 17 heavy (non-hydrogen) atoms. The smallest absolute Gasteiger partial charge is 0.127 e. The van der Waals surface area contributed by atoms with Gasteiger partial charge < -0.3 is 4.57 Å². The second-order valence-corrected chi connectivity index (χ2v) is 4.68. The van der Waals surface area contributed by atoms with Crippen molar-refractivity contribution in [1.29, 1.82) is 5.26 Å². The van der Waals surface area contributed by atoms with Gasteiger partial charge in [0.15, 0.2) is 0 Å². The maximum Gasteiger partial charge on any atom is 0.127 e. The van der Waals surface area contributed by atoms with Crippen LogP contribution < -0.4 is 0 Å². The van der Waals surface area contributed by atoms with Crippen LogP contribution in [0.4, 0.5) is 0 Å². The lowest BCUT2D eigenvalue weighted by atomic mass is 10.2. The summed E-state index contributed by atoms with van der Waals surface area (Å²) in [4.78, 5) is 4.51. The Labute approximate surface area is 106 Å². The molecule has 1 aromatic heterocycles. The van der Waals surface area contributed by atoms with Gasteiger partial charge in [0.1, 0.15) is 17.4 Å². The monoisotopic (exact) mass is 247 g/mol. The van der Waals surface area contributed by atoms with Crippen molar-refractivity contribution < 1.29 is 0 Å². The van der Waals surface area contributed by atoms with E-state index in [9.17, 15) is 0 Å². The van der Waals surface area contributed by atoms with Crippen molar-refractivity contribution in [2.75, 3.05) is 0 Å². The van der Waals surface area contributed by atoms with Gasteiger partial charge in [0, 0.05) is 6.54 Å². The first-order chi connectivity index (χ1) is 8.19. The molecule has 0 amide bonds. The first-order valence-corrected chi connectivity index (χ1v) is 6.16. The fraction of sp³-hybridized carbons (Fsp3) is 0.385. The Balaban J connectivity index is 2.75. The van der Waals surface area contributed by atoms with Gasteiger partial charge in [-0.1, -0.05) is 13.0 Å². The molecule has 0 aliphatic carbocycles. The molecular weight excluding hydrogens is 234 g/mol. The third-order valence-electron chi connectivity index (χ3n) is 2.73. The lowest BCUT2D eigenvalue weighted by Gasteiger charge is -2.08. The van der Waals surface area contributed by atoms with Crippen LogP contribution in [0.2, 0.25) is 0 Å². The molecule has 0 saturated carbocycles. The minimum absolute atomic E-state index is 0.152. The molecule has 0 aliphatic heterocycles. The van der Waals surface area contributed by atoms with E-state index >= 15 is 0 Å². The van der Waals surface area contributed by atoms with Crippen LogP contribution in [0.1, 0.15) is 37.0 Å². The maximum absolute atomic E-state index is 9.07. The second-order valence-electron chi connectivity index (χ2n) is 4.02. The zero-order chi connectivity index (χ0) is 12.4. The number of nitriles is 1. The number of hydrogen-bond donors (Lipinski definition) is 0. The van der Waals surface area contributed by atoms with E-state index in [0.717, 1.165) is 29.8 Å². The van der Waals surface area contributed by atoms with Gasteiger partial charge >= 0.3 is 0 Å². The minimum Gasteiger partial charge on any atom is -0.327 e. The molecule has 0 aliphatic rings. The number of para-hydroxylation sites is 1. The first kappa shape index (κ1) is 11.9. The third kappa shape index (κ3) is 2.01. The lowest BCUT2D eigenvalue weighted by molar-refractivity contribution is 0.654. The molecule has 88 valence electrons. The van der Waals surface area contributed by atoms with E-state index in [1.165, 1.54) is 0 Å². The van der Waals surface area contributed by atoms with Gasteiger partial charge in [-0.15, -0.1) is 11.6 Å². The number of rotatable bonds is 3. The van der Waals surface area contributed by atoms with Gasteiger partial charge in [0.2, 0.25) is 0 Å². The number of benzene rings is 1. The van der Waals surface area contributed by atoms with Gasteiger partial charge in [-0.25, -0.2) is 4.98 Å². The van der Waals surface area contributed by atoms with Crippen LogP contribution in [-0.4, -0.2) is 9.55 Å². The third-order valence-corrected chi connectivity index (χ3v) is 2.93. The zero-order valence-electron chi connectivity index (χ0n) is 9.94. The first-order valence-electron chi connectivity index (χ1n) is 5.72. The number of aromatic nitrogens is 2. The van der Waals surface area contributed by atoms with Crippen molar-refractivity contribution >= 4 is 22.6 Å². The summed E-state index contributed by atoms with van der Waals surface area (Å²) < 4.78 is 2.10. The molecule has 1 unspecified atom stereocenters. The molecule has 3 nitrogen and oxygen atoms in total. The Morgan fingerprint density at radius 2 is 2.29 bits per heavy atom. The number of fused-ring (bicyclic) bond motifs is 1. The number of hydrogen-bond acceptors (Lipinski definition) is 2. The minimum atomic E-state index is -0.152. The zero-order valence-corrected chi connectivity index (χ0v) is 10.7. The van der Waals surface area contributed by atoms with E-state index < -0.39 is 0 Å². The number of alkyl halides is 1. The highest BCUT2D eigenvalue weighted by Crippen LogP contribution is 2.26. The Kier molecular flexibility index (Phi) is 3.35. The summed E-state index contributed by atoms with van der Waals surface area (Å²) in [7, 11) is 0. The topological polar surface area (TPSA) is 41.6 Å². The second kappa shape index (κ2) is 4.77. The highest BCUT2D eigenvalue weighted by atomic mass is 35.5. The lowest BCUT2D eigenvalue weighted by Crippen LogP contribution is -2.03. The van der Waals surface area contributed by atoms with Crippen LogP contribution in [0.5, 0.6) is 0 Å². The van der Waals surface area contributed by atoms with Crippen molar-refractivity contribution in [3.63, 3.8) is 0 Å². The average Bonchev–Trinajstić information content (AvgIpc) is 2.69. The SMILES string of the molecule is CCCn1c(C(C)Cl)nc2c(C#N)cccc21. The molecule has 2 aromatic rings. The Bertz CT molecular complexity index is 578. The van der Waals surface area contributed by atoms with Crippen molar-refractivity contribution in [3.05, 3.63) is 29.6 Å². The van der Waals surface area contributed by atoms with Gasteiger partial charge in [-0.2, -0.15) is 5.26 Å². The average molecular weight is 248 g/mol. The van der Waals surface area contributed by atoms with Crippen LogP contribution in [0.15, 0.2) is 18.2 Å². The van der Waals surface area contributed by atoms with Crippen LogP contribution in [0, 0.1) is 11.3 Å². The number of halogens is 1. The Hall–Kier alpha value is -1.53. The molecule has 1 heterocycles. The number of imidazole rings is 1. The van der Waals surface area contributed by atoms with Crippen molar-refractivity contribution in [2.45, 2.75) is 32.2 Å². The van der Waals surface area contributed by atoms with Crippen LogP contribution in [0.25, 0.3) is 11.0 Å². The van der Waals surface area contributed by atoms with Gasteiger partial charge in [0.05, 0.1) is 16.5 Å². The quantitative estimate of drug-likeness (QED) is 0.778. The summed E-state index contributed by atoms with van der Waals surface area (Å²) in [5, 5.41) is 8.92. The van der Waals surface area contributed by atoms with Crippen LogP contribution in [-0.2, 0) is 6.54 Å². The number of aryl methyl sites for hydroxylation is 1.